The number of aromatic nitrogens is 1. The summed E-state index contributed by atoms with van der Waals surface area (Å²) in [4.78, 5) is 28.7. The van der Waals surface area contributed by atoms with E-state index in [9.17, 15) is 20.0 Å². The second-order valence-electron chi connectivity index (χ2n) is 8.38. The Morgan fingerprint density at radius 3 is 2.73 bits per heavy atom. The molecule has 9 heteroatoms. The standard InChI is InChI=1S/C24H23N3O6/c28-23-17(12-18(27(30)31)16-7-4-10-25-22(16)23)21(26-24(29)14-5-2-1-3-6-14)15-8-9-19-20(11-15)33-13-32-19/h4,7-12,14,21,28H,1-3,5-6,13H2,(H,26,29). The fraction of sp³-hybridized carbons (Fsp3) is 0.333. The van der Waals surface area contributed by atoms with E-state index < -0.39 is 11.0 Å². The van der Waals surface area contributed by atoms with Crippen LogP contribution in [0.15, 0.2) is 42.6 Å². The van der Waals surface area contributed by atoms with Gasteiger partial charge in [-0.25, -0.2) is 0 Å². The number of rotatable bonds is 5. The SMILES string of the molecule is O=C(NC(c1ccc2c(c1)OCO2)c1cc([N+](=O)[O-])c2cccnc2c1O)C1CCCCC1. The molecule has 0 saturated heterocycles. The van der Waals surface area contributed by atoms with Gasteiger partial charge in [-0.15, -0.1) is 0 Å². The summed E-state index contributed by atoms with van der Waals surface area (Å²) < 4.78 is 10.9. The van der Waals surface area contributed by atoms with Crippen LogP contribution in [0.1, 0.15) is 49.3 Å². The highest BCUT2D eigenvalue weighted by Crippen LogP contribution is 2.42. The summed E-state index contributed by atoms with van der Waals surface area (Å²) in [5.74, 6) is 0.609. The molecule has 170 valence electrons. The van der Waals surface area contributed by atoms with Gasteiger partial charge >= 0.3 is 0 Å². The van der Waals surface area contributed by atoms with Crippen molar-refractivity contribution in [3.05, 3.63) is 63.8 Å². The third-order valence-corrected chi connectivity index (χ3v) is 6.37. The van der Waals surface area contributed by atoms with Crippen molar-refractivity contribution in [1.29, 1.82) is 0 Å². The van der Waals surface area contributed by atoms with Crippen LogP contribution in [0.5, 0.6) is 17.2 Å². The molecule has 1 aliphatic heterocycles. The number of carbonyl (C=O) groups is 1. The van der Waals surface area contributed by atoms with Crippen molar-refractivity contribution in [2.45, 2.75) is 38.1 Å². The number of aromatic hydroxyl groups is 1. The average molecular weight is 449 g/mol. The predicted molar refractivity (Wildman–Crippen MR) is 119 cm³/mol. The van der Waals surface area contributed by atoms with Gasteiger partial charge < -0.3 is 19.9 Å². The summed E-state index contributed by atoms with van der Waals surface area (Å²) in [7, 11) is 0. The Morgan fingerprint density at radius 2 is 1.94 bits per heavy atom. The maximum absolute atomic E-state index is 13.2. The van der Waals surface area contributed by atoms with Crippen molar-refractivity contribution < 1.29 is 24.3 Å². The van der Waals surface area contributed by atoms with Crippen LogP contribution in [0.3, 0.4) is 0 Å². The summed E-state index contributed by atoms with van der Waals surface area (Å²) >= 11 is 0. The number of carbonyl (C=O) groups excluding carboxylic acids is 1. The lowest BCUT2D eigenvalue weighted by Crippen LogP contribution is -2.35. The molecule has 0 radical (unpaired) electrons. The maximum Gasteiger partial charge on any atom is 0.279 e. The molecular weight excluding hydrogens is 426 g/mol. The van der Waals surface area contributed by atoms with Gasteiger partial charge in [0.1, 0.15) is 11.3 Å². The lowest BCUT2D eigenvalue weighted by molar-refractivity contribution is -0.383. The molecule has 3 aromatic rings. The fourth-order valence-electron chi connectivity index (χ4n) is 4.66. The number of hydrogen-bond donors (Lipinski definition) is 2. The Morgan fingerprint density at radius 1 is 1.15 bits per heavy atom. The van der Waals surface area contributed by atoms with Crippen LogP contribution in [0, 0.1) is 16.0 Å². The third kappa shape index (κ3) is 3.90. The van der Waals surface area contributed by atoms with Gasteiger partial charge in [0.2, 0.25) is 12.7 Å². The molecule has 2 aliphatic rings. The number of non-ortho nitro benzene ring substituents is 1. The highest BCUT2D eigenvalue weighted by Gasteiger charge is 2.30. The van der Waals surface area contributed by atoms with E-state index in [1.165, 1.54) is 12.3 Å². The Hall–Kier alpha value is -3.88. The minimum absolute atomic E-state index is 0.0918. The van der Waals surface area contributed by atoms with Gasteiger partial charge in [0.25, 0.3) is 5.69 Å². The van der Waals surface area contributed by atoms with Crippen molar-refractivity contribution in [1.82, 2.24) is 10.3 Å². The zero-order valence-corrected chi connectivity index (χ0v) is 17.8. The Kier molecular flexibility index (Phi) is 5.45. The summed E-state index contributed by atoms with van der Waals surface area (Å²) in [6, 6.07) is 8.81. The molecule has 0 spiro atoms. The molecule has 9 nitrogen and oxygen atoms in total. The van der Waals surface area contributed by atoms with E-state index in [2.05, 4.69) is 10.3 Å². The number of pyridine rings is 1. The molecule has 1 fully saturated rings. The van der Waals surface area contributed by atoms with E-state index in [0.717, 1.165) is 32.1 Å². The van der Waals surface area contributed by atoms with Crippen molar-refractivity contribution in [2.24, 2.45) is 5.92 Å². The number of nitrogens with zero attached hydrogens (tertiary/aromatic N) is 2. The van der Waals surface area contributed by atoms with Crippen LogP contribution in [0.2, 0.25) is 0 Å². The predicted octanol–water partition coefficient (Wildman–Crippen LogP) is 4.36. The lowest BCUT2D eigenvalue weighted by atomic mass is 9.87. The normalized spacial score (nSPS) is 16.5. The number of amides is 1. The van der Waals surface area contributed by atoms with Gasteiger partial charge in [-0.2, -0.15) is 0 Å². The second-order valence-corrected chi connectivity index (χ2v) is 8.38. The van der Waals surface area contributed by atoms with Gasteiger partial charge in [0.15, 0.2) is 11.5 Å². The summed E-state index contributed by atoms with van der Waals surface area (Å²) in [5.41, 5.74) is 0.738. The van der Waals surface area contributed by atoms with Gasteiger partial charge in [-0.1, -0.05) is 25.3 Å². The molecule has 1 amide bonds. The van der Waals surface area contributed by atoms with Gasteiger partial charge in [-0.05, 0) is 42.7 Å². The van der Waals surface area contributed by atoms with Crippen molar-refractivity contribution in [3.63, 3.8) is 0 Å². The van der Waals surface area contributed by atoms with Gasteiger partial charge in [0.05, 0.1) is 16.4 Å². The van der Waals surface area contributed by atoms with E-state index in [-0.39, 0.29) is 46.5 Å². The summed E-state index contributed by atoms with van der Waals surface area (Å²) in [5, 5.41) is 26.2. The van der Waals surface area contributed by atoms with Gasteiger partial charge in [-0.3, -0.25) is 19.9 Å². The first-order valence-electron chi connectivity index (χ1n) is 11.0. The first kappa shape index (κ1) is 21.0. The third-order valence-electron chi connectivity index (χ3n) is 6.37. The molecule has 0 bridgehead atoms. The van der Waals surface area contributed by atoms with Crippen LogP contribution in [-0.2, 0) is 4.79 Å². The largest absolute Gasteiger partial charge is 0.505 e. The van der Waals surface area contributed by atoms with Crippen LogP contribution in [-0.4, -0.2) is 27.7 Å². The second kappa shape index (κ2) is 8.57. The molecule has 2 N–H and O–H groups in total. The molecule has 1 aliphatic carbocycles. The minimum Gasteiger partial charge on any atom is -0.505 e. The minimum atomic E-state index is -0.834. The molecule has 1 aromatic heterocycles. The lowest BCUT2D eigenvalue weighted by Gasteiger charge is -2.26. The number of ether oxygens (including phenoxy) is 2. The summed E-state index contributed by atoms with van der Waals surface area (Å²) in [6.45, 7) is 0.0918. The number of nitro benzene ring substituents is 1. The molecule has 2 heterocycles. The zero-order valence-electron chi connectivity index (χ0n) is 17.8. The fourth-order valence-corrected chi connectivity index (χ4v) is 4.66. The van der Waals surface area contributed by atoms with Crippen LogP contribution in [0.25, 0.3) is 10.9 Å². The number of phenolic OH excluding ortho intramolecular Hbond substituents is 1. The van der Waals surface area contributed by atoms with Crippen molar-refractivity contribution in [3.8, 4) is 17.2 Å². The maximum atomic E-state index is 13.2. The van der Waals surface area contributed by atoms with E-state index in [0.29, 0.717) is 17.1 Å². The van der Waals surface area contributed by atoms with E-state index in [1.807, 2.05) is 0 Å². The number of hydrogen-bond acceptors (Lipinski definition) is 7. The van der Waals surface area contributed by atoms with E-state index in [1.54, 1.807) is 30.3 Å². The zero-order chi connectivity index (χ0) is 22.9. The summed E-state index contributed by atoms with van der Waals surface area (Å²) in [6.07, 6.45) is 6.15. The highest BCUT2D eigenvalue weighted by atomic mass is 16.7. The number of nitro groups is 1. The monoisotopic (exact) mass is 449 g/mol. The number of phenols is 1. The Bertz CT molecular complexity index is 1240. The molecule has 1 saturated carbocycles. The number of benzene rings is 2. The Balaban J connectivity index is 1.64. The van der Waals surface area contributed by atoms with Crippen LogP contribution >= 0.6 is 0 Å². The van der Waals surface area contributed by atoms with Crippen molar-refractivity contribution in [2.75, 3.05) is 6.79 Å². The number of fused-ring (bicyclic) bond motifs is 2. The van der Waals surface area contributed by atoms with E-state index >= 15 is 0 Å². The molecule has 33 heavy (non-hydrogen) atoms. The van der Waals surface area contributed by atoms with Gasteiger partial charge in [0, 0.05) is 23.7 Å². The first-order chi connectivity index (χ1) is 16.0. The molecule has 5 rings (SSSR count). The van der Waals surface area contributed by atoms with Crippen LogP contribution < -0.4 is 14.8 Å². The molecule has 2 aromatic carbocycles. The molecule has 1 unspecified atom stereocenters. The van der Waals surface area contributed by atoms with Crippen molar-refractivity contribution >= 4 is 22.5 Å². The smallest absolute Gasteiger partial charge is 0.279 e. The first-order valence-corrected chi connectivity index (χ1v) is 11.0. The van der Waals surface area contributed by atoms with Crippen LogP contribution in [0.4, 0.5) is 5.69 Å². The topological polar surface area (TPSA) is 124 Å². The molecular formula is C24H23N3O6. The molecule has 1 atom stereocenters. The highest BCUT2D eigenvalue weighted by molar-refractivity contribution is 5.94. The number of nitrogens with one attached hydrogen (secondary N) is 1. The van der Waals surface area contributed by atoms with E-state index in [4.69, 9.17) is 9.47 Å². The average Bonchev–Trinajstić information content (AvgIpc) is 3.31. The Labute approximate surface area is 189 Å². The quantitative estimate of drug-likeness (QED) is 0.438.